The second-order valence-corrected chi connectivity index (χ2v) is 7.22. The zero-order valence-corrected chi connectivity index (χ0v) is 15.2. The Morgan fingerprint density at radius 2 is 1.89 bits per heavy atom. The predicted molar refractivity (Wildman–Crippen MR) is 101 cm³/mol. The van der Waals surface area contributed by atoms with Gasteiger partial charge in [-0.05, 0) is 35.9 Å². The van der Waals surface area contributed by atoms with Gasteiger partial charge in [0.05, 0.1) is 17.1 Å². The van der Waals surface area contributed by atoms with Gasteiger partial charge in [0.2, 0.25) is 0 Å². The first-order valence-corrected chi connectivity index (χ1v) is 8.89. The molecule has 0 aromatic heterocycles. The molecule has 1 fully saturated rings. The first-order chi connectivity index (χ1) is 12.8. The second kappa shape index (κ2) is 7.69. The largest absolute Gasteiger partial charge is 0.418 e. The van der Waals surface area contributed by atoms with Crippen LogP contribution in [0.15, 0.2) is 53.4 Å². The van der Waals surface area contributed by atoms with Gasteiger partial charge in [0.25, 0.3) is 5.91 Å². The molecule has 9 heteroatoms. The standard InChI is InChI=1S/C18H12F4N2OS2/c19-12-5-3-4-11(8-12)9-15-16(25)24(17(26)27-15)10-23-14-7-2-1-6-13(14)18(20,21)22/h1-9,23H,10H2/b15-9-. The van der Waals surface area contributed by atoms with Crippen LogP contribution in [0, 0.1) is 5.82 Å². The van der Waals surface area contributed by atoms with Gasteiger partial charge >= 0.3 is 6.18 Å². The van der Waals surface area contributed by atoms with Crippen molar-refractivity contribution in [2.75, 3.05) is 12.0 Å². The quantitative estimate of drug-likeness (QED) is 0.430. The fraction of sp³-hybridized carbons (Fsp3) is 0.111. The van der Waals surface area contributed by atoms with Gasteiger partial charge in [0, 0.05) is 5.69 Å². The maximum Gasteiger partial charge on any atom is 0.418 e. The number of carbonyl (C=O) groups excluding carboxylic acids is 1. The minimum absolute atomic E-state index is 0.145. The third-order valence-electron chi connectivity index (χ3n) is 3.68. The van der Waals surface area contributed by atoms with Gasteiger partial charge in [0.15, 0.2) is 0 Å². The number of benzene rings is 2. The third-order valence-corrected chi connectivity index (χ3v) is 5.06. The molecular formula is C18H12F4N2OS2. The molecule has 1 aliphatic heterocycles. The van der Waals surface area contributed by atoms with E-state index >= 15 is 0 Å². The molecule has 1 saturated heterocycles. The van der Waals surface area contributed by atoms with E-state index in [1.165, 1.54) is 42.5 Å². The average molecular weight is 412 g/mol. The van der Waals surface area contributed by atoms with E-state index in [1.54, 1.807) is 6.07 Å². The molecule has 0 saturated carbocycles. The van der Waals surface area contributed by atoms with E-state index in [2.05, 4.69) is 5.32 Å². The van der Waals surface area contributed by atoms with Crippen molar-refractivity contribution in [3.05, 3.63) is 70.4 Å². The molecule has 1 heterocycles. The van der Waals surface area contributed by atoms with Gasteiger partial charge in [-0.2, -0.15) is 13.2 Å². The number of rotatable bonds is 4. The van der Waals surface area contributed by atoms with E-state index in [0.29, 0.717) is 5.56 Å². The number of hydrogen-bond donors (Lipinski definition) is 1. The summed E-state index contributed by atoms with van der Waals surface area (Å²) in [6.07, 6.45) is -3.03. The highest BCUT2D eigenvalue weighted by Crippen LogP contribution is 2.36. The molecule has 0 unspecified atom stereocenters. The van der Waals surface area contributed by atoms with E-state index in [1.807, 2.05) is 0 Å². The van der Waals surface area contributed by atoms with Crippen molar-refractivity contribution in [1.82, 2.24) is 4.90 Å². The molecule has 1 amide bonds. The molecule has 2 aromatic rings. The normalized spacial score (nSPS) is 16.3. The molecule has 0 spiro atoms. The van der Waals surface area contributed by atoms with Crippen molar-refractivity contribution >= 4 is 46.0 Å². The molecular weight excluding hydrogens is 400 g/mol. The lowest BCUT2D eigenvalue weighted by molar-refractivity contribution is -0.137. The number of hydrogen-bond acceptors (Lipinski definition) is 4. The lowest BCUT2D eigenvalue weighted by atomic mass is 10.1. The van der Waals surface area contributed by atoms with Crippen LogP contribution in [0.4, 0.5) is 23.2 Å². The van der Waals surface area contributed by atoms with Crippen molar-refractivity contribution in [2.24, 2.45) is 0 Å². The summed E-state index contributed by atoms with van der Waals surface area (Å²) in [5.41, 5.74) is -0.482. The number of nitrogens with one attached hydrogen (secondary N) is 1. The summed E-state index contributed by atoms with van der Waals surface area (Å²) in [4.78, 5) is 13.9. The summed E-state index contributed by atoms with van der Waals surface area (Å²) in [5, 5.41) is 2.61. The fourth-order valence-corrected chi connectivity index (χ4v) is 3.69. The Bertz CT molecular complexity index is 928. The Kier molecular flexibility index (Phi) is 5.52. The van der Waals surface area contributed by atoms with E-state index < -0.39 is 23.5 Å². The van der Waals surface area contributed by atoms with Crippen molar-refractivity contribution in [3.8, 4) is 0 Å². The number of alkyl halides is 3. The summed E-state index contributed by atoms with van der Waals surface area (Å²) in [5.74, 6) is -0.893. The monoisotopic (exact) mass is 412 g/mol. The molecule has 1 N–H and O–H groups in total. The molecule has 1 aliphatic rings. The Hall–Kier alpha value is -2.39. The molecule has 0 atom stereocenters. The summed E-state index contributed by atoms with van der Waals surface area (Å²) in [7, 11) is 0. The predicted octanol–water partition coefficient (Wildman–Crippen LogP) is 5.12. The van der Waals surface area contributed by atoms with Crippen LogP contribution in [-0.4, -0.2) is 21.8 Å². The first-order valence-electron chi connectivity index (χ1n) is 7.67. The van der Waals surface area contributed by atoms with Crippen LogP contribution in [0.25, 0.3) is 6.08 Å². The van der Waals surface area contributed by atoms with Crippen LogP contribution >= 0.6 is 24.0 Å². The van der Waals surface area contributed by atoms with Gasteiger partial charge < -0.3 is 5.32 Å². The van der Waals surface area contributed by atoms with Gasteiger partial charge in [-0.3, -0.25) is 9.69 Å². The van der Waals surface area contributed by atoms with Crippen LogP contribution in [0.2, 0.25) is 0 Å². The minimum Gasteiger partial charge on any atom is -0.367 e. The number of thioether (sulfide) groups is 1. The van der Waals surface area contributed by atoms with Gasteiger partial charge in [-0.15, -0.1) is 0 Å². The Morgan fingerprint density at radius 3 is 2.59 bits per heavy atom. The van der Waals surface area contributed by atoms with Crippen LogP contribution in [0.1, 0.15) is 11.1 Å². The van der Waals surface area contributed by atoms with Crippen LogP contribution < -0.4 is 5.32 Å². The fourth-order valence-electron chi connectivity index (χ4n) is 2.43. The molecule has 140 valence electrons. The highest BCUT2D eigenvalue weighted by atomic mass is 32.2. The van der Waals surface area contributed by atoms with Crippen molar-refractivity contribution in [2.45, 2.75) is 6.18 Å². The highest BCUT2D eigenvalue weighted by Gasteiger charge is 2.35. The zero-order valence-electron chi connectivity index (χ0n) is 13.6. The smallest absolute Gasteiger partial charge is 0.367 e. The highest BCUT2D eigenvalue weighted by molar-refractivity contribution is 8.26. The Morgan fingerprint density at radius 1 is 1.15 bits per heavy atom. The Balaban J connectivity index is 1.76. The number of carbonyl (C=O) groups is 1. The molecule has 3 rings (SSSR count). The van der Waals surface area contributed by atoms with Gasteiger partial charge in [-0.1, -0.05) is 48.2 Å². The van der Waals surface area contributed by atoms with Crippen LogP contribution in [0.5, 0.6) is 0 Å². The lowest BCUT2D eigenvalue weighted by Gasteiger charge is -2.19. The minimum atomic E-state index is -4.52. The lowest BCUT2D eigenvalue weighted by Crippen LogP contribution is -2.33. The van der Waals surface area contributed by atoms with E-state index in [4.69, 9.17) is 12.2 Å². The maximum absolute atomic E-state index is 13.3. The number of thiocarbonyl (C=S) groups is 1. The van der Waals surface area contributed by atoms with Crippen molar-refractivity contribution < 1.29 is 22.4 Å². The number of amides is 1. The van der Waals surface area contributed by atoms with Gasteiger partial charge in [0.1, 0.15) is 10.1 Å². The number of para-hydroxylation sites is 1. The van der Waals surface area contributed by atoms with E-state index in [-0.39, 0.29) is 21.6 Å². The average Bonchev–Trinajstić information content (AvgIpc) is 2.86. The molecule has 27 heavy (non-hydrogen) atoms. The molecule has 2 aromatic carbocycles. The molecule has 0 radical (unpaired) electrons. The number of halogens is 4. The topological polar surface area (TPSA) is 32.3 Å². The van der Waals surface area contributed by atoms with Crippen molar-refractivity contribution in [3.63, 3.8) is 0 Å². The van der Waals surface area contributed by atoms with Crippen molar-refractivity contribution in [1.29, 1.82) is 0 Å². The second-order valence-electron chi connectivity index (χ2n) is 5.54. The van der Waals surface area contributed by atoms with Crippen LogP contribution in [-0.2, 0) is 11.0 Å². The maximum atomic E-state index is 13.3. The van der Waals surface area contributed by atoms with E-state index in [0.717, 1.165) is 22.7 Å². The SMILES string of the molecule is O=C1/C(=C/c2cccc(F)c2)SC(=S)N1CNc1ccccc1C(F)(F)F. The Labute approximate surface area is 162 Å². The van der Waals surface area contributed by atoms with Crippen LogP contribution in [0.3, 0.4) is 0 Å². The van der Waals surface area contributed by atoms with Gasteiger partial charge in [-0.25, -0.2) is 4.39 Å². The molecule has 0 bridgehead atoms. The summed E-state index contributed by atoms with van der Waals surface area (Å²) >= 11 is 6.16. The third kappa shape index (κ3) is 4.48. The first kappa shape index (κ1) is 19.4. The summed E-state index contributed by atoms with van der Waals surface area (Å²) in [6, 6.07) is 10.7. The number of nitrogens with zero attached hydrogens (tertiary/aromatic N) is 1. The zero-order chi connectivity index (χ0) is 19.6. The summed E-state index contributed by atoms with van der Waals surface area (Å²) < 4.78 is 52.6. The number of anilines is 1. The molecule has 0 aliphatic carbocycles. The molecule has 3 nitrogen and oxygen atoms in total. The summed E-state index contributed by atoms with van der Waals surface area (Å²) in [6.45, 7) is -0.210. The van der Waals surface area contributed by atoms with E-state index in [9.17, 15) is 22.4 Å².